The van der Waals surface area contributed by atoms with Crippen molar-refractivity contribution in [3.8, 4) is 0 Å². The van der Waals surface area contributed by atoms with Crippen molar-refractivity contribution in [2.75, 3.05) is 13.2 Å². The van der Waals surface area contributed by atoms with Gasteiger partial charge in [0, 0.05) is 18.2 Å². The van der Waals surface area contributed by atoms with E-state index >= 15 is 0 Å². The van der Waals surface area contributed by atoms with Gasteiger partial charge in [0.15, 0.2) is 0 Å². The maximum Gasteiger partial charge on any atom is 0.308 e. The van der Waals surface area contributed by atoms with Gasteiger partial charge < -0.3 is 14.5 Å². The van der Waals surface area contributed by atoms with Crippen LogP contribution in [0.25, 0.3) is 0 Å². The molecule has 1 N–H and O–H groups in total. The Morgan fingerprint density at radius 2 is 2.14 bits per heavy atom. The van der Waals surface area contributed by atoms with Crippen molar-refractivity contribution in [2.24, 2.45) is 0 Å². The first-order valence-electron chi connectivity index (χ1n) is 7.17. The Bertz CT molecular complexity index is 636. The molecule has 1 aromatic carbocycles. The molecular weight excluding hydrogens is 306 g/mol. The molecule has 1 fully saturated rings. The lowest BCUT2D eigenvalue weighted by atomic mass is 10.1. The molecule has 0 aliphatic carbocycles. The predicted molar refractivity (Wildman–Crippen MR) is 79.9 cm³/mol. The minimum Gasteiger partial charge on any atom is -0.417 e. The fourth-order valence-electron chi connectivity index (χ4n) is 2.28. The number of nitrogens with zero attached hydrogens (tertiary/aromatic N) is 2. The summed E-state index contributed by atoms with van der Waals surface area (Å²) in [6, 6.07) is 7.35. The Morgan fingerprint density at radius 3 is 2.86 bits per heavy atom. The fraction of sp³-hybridized carbons (Fsp3) is 0.400. The van der Waals surface area contributed by atoms with Gasteiger partial charge in [-0.1, -0.05) is 23.7 Å². The highest BCUT2D eigenvalue weighted by Gasteiger charge is 2.19. The maximum atomic E-state index is 11.9. The van der Waals surface area contributed by atoms with Gasteiger partial charge in [-0.2, -0.15) is 0 Å². The molecule has 1 aromatic heterocycles. The maximum absolute atomic E-state index is 11.9. The van der Waals surface area contributed by atoms with Crippen molar-refractivity contribution in [1.82, 2.24) is 15.5 Å². The molecule has 3 rings (SSSR count). The molecule has 2 heterocycles. The van der Waals surface area contributed by atoms with E-state index in [0.717, 1.165) is 25.0 Å². The molecule has 1 atom stereocenters. The molecule has 0 bridgehead atoms. The molecule has 7 heteroatoms. The van der Waals surface area contributed by atoms with Crippen molar-refractivity contribution >= 4 is 17.5 Å². The van der Waals surface area contributed by atoms with Crippen LogP contribution in [0.1, 0.15) is 35.0 Å². The van der Waals surface area contributed by atoms with E-state index in [1.807, 2.05) is 12.1 Å². The van der Waals surface area contributed by atoms with Crippen molar-refractivity contribution in [3.63, 3.8) is 0 Å². The van der Waals surface area contributed by atoms with E-state index in [1.165, 1.54) is 0 Å². The zero-order valence-electron chi connectivity index (χ0n) is 11.9. The van der Waals surface area contributed by atoms with Crippen LogP contribution in [-0.2, 0) is 11.2 Å². The Hall–Kier alpha value is -1.92. The topological polar surface area (TPSA) is 77.2 Å². The van der Waals surface area contributed by atoms with E-state index in [4.69, 9.17) is 20.8 Å². The molecule has 0 saturated carbocycles. The van der Waals surface area contributed by atoms with E-state index < -0.39 is 0 Å². The second-order valence-corrected chi connectivity index (χ2v) is 5.59. The smallest absolute Gasteiger partial charge is 0.308 e. The minimum atomic E-state index is -0.370. The van der Waals surface area contributed by atoms with Gasteiger partial charge in [-0.3, -0.25) is 4.79 Å². The normalized spacial score (nSPS) is 17.6. The highest BCUT2D eigenvalue weighted by atomic mass is 35.5. The lowest BCUT2D eigenvalue weighted by Crippen LogP contribution is -2.31. The van der Waals surface area contributed by atoms with Crippen molar-refractivity contribution < 1.29 is 13.9 Å². The monoisotopic (exact) mass is 321 g/mol. The number of hydrogen-bond acceptors (Lipinski definition) is 5. The van der Waals surface area contributed by atoms with Gasteiger partial charge >= 0.3 is 11.8 Å². The second kappa shape index (κ2) is 6.89. The van der Waals surface area contributed by atoms with Crippen LogP contribution in [0.5, 0.6) is 0 Å². The molecule has 1 amide bonds. The van der Waals surface area contributed by atoms with Gasteiger partial charge in [-0.25, -0.2) is 0 Å². The standard InChI is InChI=1S/C15H16ClN3O3/c16-11-5-3-10(4-6-11)8-13-18-19-15(22-13)14(20)17-9-12-2-1-7-21-12/h3-6,12H,1-2,7-9H2,(H,17,20). The van der Waals surface area contributed by atoms with Gasteiger partial charge in [0.05, 0.1) is 12.5 Å². The van der Waals surface area contributed by atoms with Gasteiger partial charge in [0.25, 0.3) is 0 Å². The molecule has 1 unspecified atom stereocenters. The summed E-state index contributed by atoms with van der Waals surface area (Å²) in [4.78, 5) is 11.9. The molecule has 1 aliphatic heterocycles. The summed E-state index contributed by atoms with van der Waals surface area (Å²) in [5.41, 5.74) is 0.986. The Labute approximate surface area is 132 Å². The van der Waals surface area contributed by atoms with Gasteiger partial charge in [-0.15, -0.1) is 10.2 Å². The summed E-state index contributed by atoms with van der Waals surface area (Å²) in [6.45, 7) is 1.22. The Kier molecular flexibility index (Phi) is 4.70. The van der Waals surface area contributed by atoms with E-state index in [2.05, 4.69) is 15.5 Å². The number of ether oxygens (including phenoxy) is 1. The van der Waals surface area contributed by atoms with E-state index in [-0.39, 0.29) is 17.9 Å². The van der Waals surface area contributed by atoms with Gasteiger partial charge in [0.2, 0.25) is 5.89 Å². The molecule has 0 spiro atoms. The minimum absolute atomic E-state index is 0.0260. The number of halogens is 1. The lowest BCUT2D eigenvalue weighted by molar-refractivity contribution is 0.0828. The first kappa shape index (κ1) is 15.0. The van der Waals surface area contributed by atoms with Gasteiger partial charge in [-0.05, 0) is 30.5 Å². The number of amides is 1. The van der Waals surface area contributed by atoms with Crippen molar-refractivity contribution in [2.45, 2.75) is 25.4 Å². The van der Waals surface area contributed by atoms with Crippen LogP contribution in [0.4, 0.5) is 0 Å². The molecule has 2 aromatic rings. The molecule has 1 saturated heterocycles. The summed E-state index contributed by atoms with van der Waals surface area (Å²) in [6.07, 6.45) is 2.54. The van der Waals surface area contributed by atoms with Crippen molar-refractivity contribution in [1.29, 1.82) is 0 Å². The first-order valence-corrected chi connectivity index (χ1v) is 7.55. The average molecular weight is 322 g/mol. The molecular formula is C15H16ClN3O3. The highest BCUT2D eigenvalue weighted by molar-refractivity contribution is 6.30. The largest absolute Gasteiger partial charge is 0.417 e. The van der Waals surface area contributed by atoms with Crippen LogP contribution in [-0.4, -0.2) is 35.4 Å². The summed E-state index contributed by atoms with van der Waals surface area (Å²) in [5.74, 6) is -0.00287. The number of rotatable bonds is 5. The summed E-state index contributed by atoms with van der Waals surface area (Å²) >= 11 is 5.83. The number of hydrogen-bond donors (Lipinski definition) is 1. The van der Waals surface area contributed by atoms with Crippen LogP contribution in [0.2, 0.25) is 5.02 Å². The van der Waals surface area contributed by atoms with Gasteiger partial charge in [0.1, 0.15) is 0 Å². The number of nitrogens with one attached hydrogen (secondary N) is 1. The fourth-order valence-corrected chi connectivity index (χ4v) is 2.41. The summed E-state index contributed by atoms with van der Waals surface area (Å²) in [7, 11) is 0. The zero-order valence-corrected chi connectivity index (χ0v) is 12.7. The van der Waals surface area contributed by atoms with Crippen LogP contribution in [0.15, 0.2) is 28.7 Å². The van der Waals surface area contributed by atoms with Crippen LogP contribution >= 0.6 is 11.6 Å². The van der Waals surface area contributed by atoms with Crippen LogP contribution < -0.4 is 5.32 Å². The van der Waals surface area contributed by atoms with E-state index in [9.17, 15) is 4.79 Å². The highest BCUT2D eigenvalue weighted by Crippen LogP contribution is 2.13. The zero-order chi connectivity index (χ0) is 15.4. The molecule has 1 aliphatic rings. The number of carbonyl (C=O) groups excluding carboxylic acids is 1. The Morgan fingerprint density at radius 1 is 1.32 bits per heavy atom. The SMILES string of the molecule is O=C(NCC1CCCO1)c1nnc(Cc2ccc(Cl)cc2)o1. The number of aromatic nitrogens is 2. The quantitative estimate of drug-likeness (QED) is 0.913. The summed E-state index contributed by atoms with van der Waals surface area (Å²) in [5, 5.41) is 11.1. The third kappa shape index (κ3) is 3.84. The predicted octanol–water partition coefficient (Wildman–Crippen LogP) is 2.22. The van der Waals surface area contributed by atoms with E-state index in [0.29, 0.717) is 23.9 Å². The van der Waals surface area contributed by atoms with Crippen LogP contribution in [0.3, 0.4) is 0 Å². The Balaban J connectivity index is 1.55. The third-order valence-corrected chi connectivity index (χ3v) is 3.70. The van der Waals surface area contributed by atoms with E-state index in [1.54, 1.807) is 12.1 Å². The molecule has 22 heavy (non-hydrogen) atoms. The third-order valence-electron chi connectivity index (χ3n) is 3.44. The number of benzene rings is 1. The molecule has 116 valence electrons. The van der Waals surface area contributed by atoms with Crippen molar-refractivity contribution in [3.05, 3.63) is 46.6 Å². The number of carbonyl (C=O) groups is 1. The first-order chi connectivity index (χ1) is 10.7. The molecule has 6 nitrogen and oxygen atoms in total. The average Bonchev–Trinajstić information content (AvgIpc) is 3.19. The second-order valence-electron chi connectivity index (χ2n) is 5.15. The molecule has 0 radical (unpaired) electrons. The van der Waals surface area contributed by atoms with Crippen LogP contribution in [0, 0.1) is 0 Å². The summed E-state index contributed by atoms with van der Waals surface area (Å²) < 4.78 is 10.8. The lowest BCUT2D eigenvalue weighted by Gasteiger charge is -2.08.